The number of hydrogen-bond acceptors (Lipinski definition) is 6. The zero-order chi connectivity index (χ0) is 15.4. The number of aromatic hydroxyl groups is 1. The fourth-order valence-electron chi connectivity index (χ4n) is 1.82. The first-order valence-electron chi connectivity index (χ1n) is 6.56. The predicted molar refractivity (Wildman–Crippen MR) is 77.0 cm³/mol. The second-order valence-electron chi connectivity index (χ2n) is 4.49. The van der Waals surface area contributed by atoms with Gasteiger partial charge in [0.25, 0.3) is 5.89 Å². The van der Waals surface area contributed by atoms with Gasteiger partial charge in [0.15, 0.2) is 6.61 Å². The Morgan fingerprint density at radius 3 is 2.50 bits per heavy atom. The van der Waals surface area contributed by atoms with Crippen molar-refractivity contribution >= 4 is 5.97 Å². The van der Waals surface area contributed by atoms with Gasteiger partial charge in [0, 0.05) is 5.56 Å². The first-order chi connectivity index (χ1) is 10.7. The van der Waals surface area contributed by atoms with Crippen LogP contribution in [0.3, 0.4) is 0 Å². The maximum absolute atomic E-state index is 11.8. The highest BCUT2D eigenvalue weighted by Crippen LogP contribution is 2.17. The fourth-order valence-corrected chi connectivity index (χ4v) is 1.82. The number of nitrogens with zero attached hydrogens (tertiary/aromatic N) is 2. The molecule has 0 amide bonds. The van der Waals surface area contributed by atoms with E-state index in [1.54, 1.807) is 0 Å². The van der Waals surface area contributed by atoms with E-state index in [-0.39, 0.29) is 18.2 Å². The Kier molecular flexibility index (Phi) is 3.82. The van der Waals surface area contributed by atoms with Crippen LogP contribution in [-0.4, -0.2) is 21.3 Å². The zero-order valence-electron chi connectivity index (χ0n) is 11.5. The average Bonchev–Trinajstić information content (AvgIpc) is 3.03. The summed E-state index contributed by atoms with van der Waals surface area (Å²) in [5.74, 6) is 0.141. The van der Waals surface area contributed by atoms with Crippen molar-refractivity contribution in [3.8, 4) is 17.2 Å². The molecule has 1 aromatic heterocycles. The quantitative estimate of drug-likeness (QED) is 0.745. The third kappa shape index (κ3) is 3.12. The molecule has 2 aromatic carbocycles. The molecule has 3 rings (SSSR count). The van der Waals surface area contributed by atoms with Crippen LogP contribution in [0.4, 0.5) is 0 Å². The summed E-state index contributed by atoms with van der Waals surface area (Å²) in [6.45, 7) is -0.112. The standard InChI is InChI=1S/C16H12N2O4/c19-13-8-6-12(7-9-13)16(20)21-10-14-17-18-15(22-14)11-4-2-1-3-5-11/h1-9,19H,10H2. The van der Waals surface area contributed by atoms with Crippen molar-refractivity contribution in [1.29, 1.82) is 0 Å². The van der Waals surface area contributed by atoms with Gasteiger partial charge >= 0.3 is 5.97 Å². The molecule has 0 spiro atoms. The number of carbonyl (C=O) groups is 1. The van der Waals surface area contributed by atoms with Crippen LogP contribution in [0.2, 0.25) is 0 Å². The van der Waals surface area contributed by atoms with E-state index in [1.165, 1.54) is 24.3 Å². The van der Waals surface area contributed by atoms with Crippen molar-refractivity contribution < 1.29 is 19.1 Å². The summed E-state index contributed by atoms with van der Waals surface area (Å²) in [6.07, 6.45) is 0. The zero-order valence-corrected chi connectivity index (χ0v) is 11.5. The van der Waals surface area contributed by atoms with Crippen molar-refractivity contribution in [1.82, 2.24) is 10.2 Å². The van der Waals surface area contributed by atoms with Gasteiger partial charge in [-0.3, -0.25) is 0 Å². The van der Waals surface area contributed by atoms with Crippen LogP contribution in [0.1, 0.15) is 16.2 Å². The van der Waals surface area contributed by atoms with Gasteiger partial charge in [0.2, 0.25) is 5.89 Å². The smallest absolute Gasteiger partial charge is 0.338 e. The summed E-state index contributed by atoms with van der Waals surface area (Å²) in [5, 5.41) is 16.9. The third-order valence-corrected chi connectivity index (χ3v) is 2.92. The Bertz CT molecular complexity index is 766. The van der Waals surface area contributed by atoms with Crippen molar-refractivity contribution in [2.24, 2.45) is 0 Å². The molecular formula is C16H12N2O4. The lowest BCUT2D eigenvalue weighted by molar-refractivity contribution is 0.0438. The topological polar surface area (TPSA) is 85.5 Å². The van der Waals surface area contributed by atoms with Gasteiger partial charge in [-0.05, 0) is 36.4 Å². The van der Waals surface area contributed by atoms with Gasteiger partial charge in [0.05, 0.1) is 5.56 Å². The first-order valence-corrected chi connectivity index (χ1v) is 6.56. The van der Waals surface area contributed by atoms with E-state index in [0.29, 0.717) is 11.5 Å². The lowest BCUT2D eigenvalue weighted by Crippen LogP contribution is -2.05. The van der Waals surface area contributed by atoms with Gasteiger partial charge in [-0.25, -0.2) is 4.79 Å². The Balaban J connectivity index is 1.64. The van der Waals surface area contributed by atoms with Gasteiger partial charge in [0.1, 0.15) is 5.75 Å². The molecule has 0 aliphatic rings. The SMILES string of the molecule is O=C(OCc1nnc(-c2ccccc2)o1)c1ccc(O)cc1. The van der Waals surface area contributed by atoms with E-state index in [1.807, 2.05) is 30.3 Å². The maximum atomic E-state index is 11.8. The minimum atomic E-state index is -0.528. The molecule has 0 aliphatic heterocycles. The van der Waals surface area contributed by atoms with E-state index >= 15 is 0 Å². The van der Waals surface area contributed by atoms with Gasteiger partial charge in [-0.2, -0.15) is 0 Å². The van der Waals surface area contributed by atoms with Gasteiger partial charge in [-0.1, -0.05) is 18.2 Å². The minimum absolute atomic E-state index is 0.0842. The van der Waals surface area contributed by atoms with Gasteiger partial charge in [-0.15, -0.1) is 10.2 Å². The number of esters is 1. The van der Waals surface area contributed by atoms with E-state index in [4.69, 9.17) is 9.15 Å². The summed E-state index contributed by atoms with van der Waals surface area (Å²) >= 11 is 0. The number of rotatable bonds is 4. The van der Waals surface area contributed by atoms with Crippen LogP contribution < -0.4 is 0 Å². The highest BCUT2D eigenvalue weighted by molar-refractivity contribution is 5.89. The monoisotopic (exact) mass is 296 g/mol. The molecule has 110 valence electrons. The number of hydrogen-bond donors (Lipinski definition) is 1. The average molecular weight is 296 g/mol. The molecule has 0 fully saturated rings. The molecule has 0 unspecified atom stereocenters. The Morgan fingerprint density at radius 2 is 1.77 bits per heavy atom. The van der Waals surface area contributed by atoms with Crippen LogP contribution in [0.15, 0.2) is 59.0 Å². The number of carbonyl (C=O) groups excluding carboxylic acids is 1. The summed E-state index contributed by atoms with van der Waals surface area (Å²) in [6, 6.07) is 15.1. The number of phenols is 1. The predicted octanol–water partition coefficient (Wildman–Crippen LogP) is 2.80. The van der Waals surface area contributed by atoms with Crippen molar-refractivity contribution in [3.05, 3.63) is 66.1 Å². The first kappa shape index (κ1) is 13.8. The molecule has 3 aromatic rings. The van der Waals surface area contributed by atoms with E-state index in [9.17, 15) is 9.90 Å². The maximum Gasteiger partial charge on any atom is 0.338 e. The van der Waals surface area contributed by atoms with Crippen molar-refractivity contribution in [3.63, 3.8) is 0 Å². The second-order valence-corrected chi connectivity index (χ2v) is 4.49. The highest BCUT2D eigenvalue weighted by Gasteiger charge is 2.12. The van der Waals surface area contributed by atoms with E-state index in [0.717, 1.165) is 5.56 Å². The summed E-state index contributed by atoms with van der Waals surface area (Å²) in [5.41, 5.74) is 1.13. The summed E-state index contributed by atoms with van der Waals surface area (Å²) < 4.78 is 10.5. The lowest BCUT2D eigenvalue weighted by atomic mass is 10.2. The van der Waals surface area contributed by atoms with E-state index < -0.39 is 5.97 Å². The van der Waals surface area contributed by atoms with Crippen LogP contribution in [0, 0.1) is 0 Å². The molecule has 22 heavy (non-hydrogen) atoms. The summed E-state index contributed by atoms with van der Waals surface area (Å²) in [4.78, 5) is 11.8. The Morgan fingerprint density at radius 1 is 1.05 bits per heavy atom. The normalized spacial score (nSPS) is 10.4. The largest absolute Gasteiger partial charge is 0.508 e. The molecule has 0 aliphatic carbocycles. The molecule has 6 nitrogen and oxygen atoms in total. The number of benzene rings is 2. The van der Waals surface area contributed by atoms with Crippen LogP contribution in [-0.2, 0) is 11.3 Å². The molecule has 1 N–H and O–H groups in total. The number of phenolic OH excluding ortho intramolecular Hbond substituents is 1. The molecule has 0 atom stereocenters. The van der Waals surface area contributed by atoms with Crippen molar-refractivity contribution in [2.45, 2.75) is 6.61 Å². The second kappa shape index (κ2) is 6.09. The molecule has 0 saturated carbocycles. The van der Waals surface area contributed by atoms with Gasteiger partial charge < -0.3 is 14.3 Å². The third-order valence-electron chi connectivity index (χ3n) is 2.92. The molecule has 0 bridgehead atoms. The highest BCUT2D eigenvalue weighted by atomic mass is 16.5. The number of aromatic nitrogens is 2. The molecular weight excluding hydrogens is 284 g/mol. The van der Waals surface area contributed by atoms with Crippen LogP contribution in [0.25, 0.3) is 11.5 Å². The molecule has 6 heteroatoms. The number of ether oxygens (including phenoxy) is 1. The van der Waals surface area contributed by atoms with Crippen LogP contribution in [0.5, 0.6) is 5.75 Å². The van der Waals surface area contributed by atoms with Crippen molar-refractivity contribution in [2.75, 3.05) is 0 Å². The summed E-state index contributed by atoms with van der Waals surface area (Å²) in [7, 11) is 0. The molecule has 0 radical (unpaired) electrons. The fraction of sp³-hybridized carbons (Fsp3) is 0.0625. The minimum Gasteiger partial charge on any atom is -0.508 e. The molecule has 0 saturated heterocycles. The van der Waals surface area contributed by atoms with E-state index in [2.05, 4.69) is 10.2 Å². The Hall–Kier alpha value is -3.15. The van der Waals surface area contributed by atoms with Crippen LogP contribution >= 0.6 is 0 Å². The lowest BCUT2D eigenvalue weighted by Gasteiger charge is -2.01. The molecule has 1 heterocycles. The Labute approximate surface area is 126 Å².